The monoisotopic (exact) mass is 282 g/mol. The van der Waals surface area contributed by atoms with Crippen molar-refractivity contribution in [1.29, 1.82) is 0 Å². The van der Waals surface area contributed by atoms with Crippen LogP contribution < -0.4 is 0 Å². The van der Waals surface area contributed by atoms with E-state index in [1.807, 2.05) is 32.0 Å². The van der Waals surface area contributed by atoms with Crippen LogP contribution in [-0.4, -0.2) is 30.6 Å². The highest BCUT2D eigenvalue weighted by Gasteiger charge is 2.34. The van der Waals surface area contributed by atoms with Gasteiger partial charge in [0.1, 0.15) is 0 Å². The van der Waals surface area contributed by atoms with Gasteiger partial charge in [-0.15, -0.1) is 0 Å². The first kappa shape index (κ1) is 14.5. The third-order valence-electron chi connectivity index (χ3n) is 3.99. The molecule has 1 aromatic rings. The van der Waals surface area contributed by atoms with E-state index in [2.05, 4.69) is 0 Å². The zero-order chi connectivity index (χ0) is 14.0. The summed E-state index contributed by atoms with van der Waals surface area (Å²) < 4.78 is 24.0. The Hall–Kier alpha value is -0.870. The molecule has 0 amide bonds. The van der Waals surface area contributed by atoms with Gasteiger partial charge in [0.05, 0.1) is 17.1 Å². The second-order valence-electron chi connectivity index (χ2n) is 5.60. The Labute approximate surface area is 115 Å². The number of hydrogen-bond donors (Lipinski definition) is 1. The number of rotatable bonds is 3. The van der Waals surface area contributed by atoms with Crippen LogP contribution in [-0.2, 0) is 16.3 Å². The summed E-state index contributed by atoms with van der Waals surface area (Å²) in [6.07, 6.45) is 1.86. The van der Waals surface area contributed by atoms with Crippen LogP contribution in [0, 0.1) is 13.8 Å². The summed E-state index contributed by atoms with van der Waals surface area (Å²) >= 11 is 0. The molecule has 0 aliphatic carbocycles. The molecule has 0 radical (unpaired) electrons. The molecule has 1 aliphatic heterocycles. The van der Waals surface area contributed by atoms with Gasteiger partial charge in [0.15, 0.2) is 9.84 Å². The van der Waals surface area contributed by atoms with Crippen LogP contribution >= 0.6 is 0 Å². The van der Waals surface area contributed by atoms with Crippen LogP contribution in [0.25, 0.3) is 0 Å². The molecule has 0 aromatic heterocycles. The first-order chi connectivity index (χ1) is 8.90. The maximum absolute atomic E-state index is 12.0. The summed E-state index contributed by atoms with van der Waals surface area (Å²) in [4.78, 5) is 0. The predicted molar refractivity (Wildman–Crippen MR) is 77.1 cm³/mol. The molecule has 1 saturated heterocycles. The van der Waals surface area contributed by atoms with E-state index in [-0.39, 0.29) is 5.75 Å². The Morgan fingerprint density at radius 3 is 2.74 bits per heavy atom. The fourth-order valence-electron chi connectivity index (χ4n) is 2.79. The quantitative estimate of drug-likeness (QED) is 0.924. The molecule has 4 heteroatoms. The molecular weight excluding hydrogens is 260 g/mol. The summed E-state index contributed by atoms with van der Waals surface area (Å²) in [5.41, 5.74) is 3.30. The Morgan fingerprint density at radius 2 is 2.05 bits per heavy atom. The third-order valence-corrected chi connectivity index (χ3v) is 6.32. The lowest BCUT2D eigenvalue weighted by molar-refractivity contribution is 0.162. The van der Waals surface area contributed by atoms with Crippen molar-refractivity contribution in [1.82, 2.24) is 0 Å². The van der Waals surface area contributed by atoms with E-state index in [0.717, 1.165) is 29.5 Å². The van der Waals surface area contributed by atoms with Gasteiger partial charge in [0.2, 0.25) is 0 Å². The van der Waals surface area contributed by atoms with E-state index in [4.69, 9.17) is 0 Å². The second-order valence-corrected chi connectivity index (χ2v) is 7.94. The molecule has 1 N–H and O–H groups in total. The molecular formula is C15H22O3S. The molecule has 2 atom stereocenters. The van der Waals surface area contributed by atoms with Crippen molar-refractivity contribution in [3.05, 3.63) is 34.9 Å². The van der Waals surface area contributed by atoms with Gasteiger partial charge in [0, 0.05) is 0 Å². The summed E-state index contributed by atoms with van der Waals surface area (Å²) in [6, 6.07) is 6.09. The zero-order valence-corrected chi connectivity index (χ0v) is 12.4. The van der Waals surface area contributed by atoms with Crippen LogP contribution in [0.1, 0.15) is 36.0 Å². The molecule has 0 saturated carbocycles. The van der Waals surface area contributed by atoms with Gasteiger partial charge in [-0.1, -0.05) is 30.2 Å². The maximum Gasteiger partial charge on any atom is 0.155 e. The Bertz CT molecular complexity index is 549. The average molecular weight is 282 g/mol. The first-order valence-corrected chi connectivity index (χ1v) is 8.57. The lowest BCUT2D eigenvalue weighted by atomic mass is 9.97. The number of aliphatic hydroxyl groups is 1. The smallest absolute Gasteiger partial charge is 0.155 e. The number of sulfone groups is 1. The van der Waals surface area contributed by atoms with Gasteiger partial charge >= 0.3 is 0 Å². The molecule has 1 aliphatic rings. The molecule has 1 fully saturated rings. The predicted octanol–water partition coefficient (Wildman–Crippen LogP) is 2.17. The maximum atomic E-state index is 12.0. The molecule has 3 nitrogen and oxygen atoms in total. The van der Waals surface area contributed by atoms with E-state index in [9.17, 15) is 13.5 Å². The van der Waals surface area contributed by atoms with Crippen molar-refractivity contribution in [3.63, 3.8) is 0 Å². The minimum atomic E-state index is -3.12. The van der Waals surface area contributed by atoms with Crippen molar-refractivity contribution in [3.8, 4) is 0 Å². The Kier molecular flexibility index (Phi) is 4.31. The average Bonchev–Trinajstić information content (AvgIpc) is 2.33. The van der Waals surface area contributed by atoms with Gasteiger partial charge in [-0.3, -0.25) is 0 Å². The van der Waals surface area contributed by atoms with Crippen LogP contribution in [0.3, 0.4) is 0 Å². The molecule has 19 heavy (non-hydrogen) atoms. The summed E-state index contributed by atoms with van der Waals surface area (Å²) in [6.45, 7) is 4.00. The summed E-state index contributed by atoms with van der Waals surface area (Å²) in [7, 11) is -3.12. The van der Waals surface area contributed by atoms with Gasteiger partial charge in [-0.2, -0.15) is 0 Å². The van der Waals surface area contributed by atoms with E-state index in [1.54, 1.807) is 0 Å². The Balaban J connectivity index is 2.16. The van der Waals surface area contributed by atoms with E-state index in [1.165, 1.54) is 0 Å². The van der Waals surface area contributed by atoms with E-state index in [0.29, 0.717) is 12.8 Å². The number of hydrogen-bond acceptors (Lipinski definition) is 3. The molecule has 2 unspecified atom stereocenters. The topological polar surface area (TPSA) is 54.4 Å². The van der Waals surface area contributed by atoms with Crippen LogP contribution in [0.4, 0.5) is 0 Å². The highest BCUT2D eigenvalue weighted by Crippen LogP contribution is 2.25. The number of aliphatic hydroxyl groups excluding tert-OH is 1. The fourth-order valence-corrected chi connectivity index (χ4v) is 4.80. The highest BCUT2D eigenvalue weighted by atomic mass is 32.2. The van der Waals surface area contributed by atoms with Crippen molar-refractivity contribution in [2.75, 3.05) is 5.75 Å². The summed E-state index contributed by atoms with van der Waals surface area (Å²) in [5, 5.41) is 9.72. The number of benzene rings is 1. The minimum Gasteiger partial charge on any atom is -0.391 e. The van der Waals surface area contributed by atoms with Crippen LogP contribution in [0.2, 0.25) is 0 Å². The minimum absolute atomic E-state index is 0.224. The largest absolute Gasteiger partial charge is 0.391 e. The van der Waals surface area contributed by atoms with Crippen molar-refractivity contribution in [2.45, 2.75) is 50.9 Å². The van der Waals surface area contributed by atoms with Crippen LogP contribution in [0.15, 0.2) is 18.2 Å². The van der Waals surface area contributed by atoms with E-state index >= 15 is 0 Å². The SMILES string of the molecule is Cc1ccc(C)c(CC(O)C2CCCCS2(=O)=O)c1. The van der Waals surface area contributed by atoms with E-state index < -0.39 is 21.2 Å². The van der Waals surface area contributed by atoms with Crippen molar-refractivity contribution < 1.29 is 13.5 Å². The molecule has 1 aromatic carbocycles. The molecule has 0 bridgehead atoms. The van der Waals surface area contributed by atoms with Gasteiger partial charge in [0.25, 0.3) is 0 Å². The highest BCUT2D eigenvalue weighted by molar-refractivity contribution is 7.92. The van der Waals surface area contributed by atoms with Crippen LogP contribution in [0.5, 0.6) is 0 Å². The third kappa shape index (κ3) is 3.37. The van der Waals surface area contributed by atoms with Gasteiger partial charge in [-0.05, 0) is 44.2 Å². The lowest BCUT2D eigenvalue weighted by Crippen LogP contribution is -2.39. The second kappa shape index (κ2) is 5.63. The molecule has 2 rings (SSSR count). The molecule has 0 spiro atoms. The van der Waals surface area contributed by atoms with Crippen molar-refractivity contribution in [2.24, 2.45) is 0 Å². The number of aryl methyl sites for hydroxylation is 2. The van der Waals surface area contributed by atoms with Crippen molar-refractivity contribution >= 4 is 9.84 Å². The lowest BCUT2D eigenvalue weighted by Gasteiger charge is -2.27. The first-order valence-electron chi connectivity index (χ1n) is 6.86. The normalized spacial score (nSPS) is 24.1. The summed E-state index contributed by atoms with van der Waals surface area (Å²) in [5.74, 6) is 0.224. The zero-order valence-electron chi connectivity index (χ0n) is 11.6. The Morgan fingerprint density at radius 1 is 1.32 bits per heavy atom. The van der Waals surface area contributed by atoms with Gasteiger partial charge in [-0.25, -0.2) is 8.42 Å². The van der Waals surface area contributed by atoms with Gasteiger partial charge < -0.3 is 5.11 Å². The standard InChI is InChI=1S/C15H22O3S/c1-11-6-7-12(2)13(9-11)10-14(16)15-5-3-4-8-19(15,17)18/h6-7,9,14-16H,3-5,8,10H2,1-2H3. The molecule has 1 heterocycles. The fraction of sp³-hybridized carbons (Fsp3) is 0.600. The molecule has 106 valence electrons.